The molecule has 0 aliphatic carbocycles. The molecule has 0 fully saturated rings. The first-order valence-corrected chi connectivity index (χ1v) is 5.26. The van der Waals surface area contributed by atoms with E-state index >= 15 is 0 Å². The van der Waals surface area contributed by atoms with Crippen LogP contribution in [0.2, 0.25) is 0 Å². The third-order valence-electron chi connectivity index (χ3n) is 2.35. The van der Waals surface area contributed by atoms with Crippen molar-refractivity contribution >= 4 is 5.69 Å². The summed E-state index contributed by atoms with van der Waals surface area (Å²) < 4.78 is 1.81. The summed E-state index contributed by atoms with van der Waals surface area (Å²) in [4.78, 5) is 11.9. The predicted molar refractivity (Wildman–Crippen MR) is 64.2 cm³/mol. The average molecular weight is 208 g/mol. The van der Waals surface area contributed by atoms with Crippen molar-refractivity contribution in [1.82, 2.24) is 4.57 Å². The molecule has 0 saturated carbocycles. The van der Waals surface area contributed by atoms with E-state index in [4.69, 9.17) is 5.73 Å². The molecule has 3 nitrogen and oxygen atoms in total. The van der Waals surface area contributed by atoms with Crippen molar-refractivity contribution in [2.75, 3.05) is 5.73 Å². The summed E-state index contributed by atoms with van der Waals surface area (Å²) in [5.41, 5.74) is 7.01. The summed E-state index contributed by atoms with van der Waals surface area (Å²) in [5.74, 6) is 0.292. The van der Waals surface area contributed by atoms with Crippen molar-refractivity contribution in [3.05, 3.63) is 28.2 Å². The Morgan fingerprint density at radius 1 is 1.27 bits per heavy atom. The Morgan fingerprint density at radius 2 is 1.80 bits per heavy atom. The maximum atomic E-state index is 11.9. The van der Waals surface area contributed by atoms with Crippen LogP contribution in [-0.4, -0.2) is 4.57 Å². The van der Waals surface area contributed by atoms with Gasteiger partial charge in [-0.25, -0.2) is 0 Å². The Labute approximate surface area is 90.9 Å². The second-order valence-corrected chi connectivity index (χ2v) is 5.21. The predicted octanol–water partition coefficient (Wildman–Crippen LogP) is 2.31. The Balaban J connectivity index is 3.55. The maximum Gasteiger partial charge on any atom is 0.253 e. The van der Waals surface area contributed by atoms with Crippen molar-refractivity contribution in [2.24, 2.45) is 0 Å². The lowest BCUT2D eigenvalue weighted by molar-refractivity contribution is 0.366. The molecule has 84 valence electrons. The highest BCUT2D eigenvalue weighted by atomic mass is 16.1. The van der Waals surface area contributed by atoms with Gasteiger partial charge in [0.05, 0.1) is 0 Å². The van der Waals surface area contributed by atoms with Crippen LogP contribution < -0.4 is 11.3 Å². The van der Waals surface area contributed by atoms with Gasteiger partial charge in [0.1, 0.15) is 0 Å². The number of anilines is 1. The third kappa shape index (κ3) is 2.41. The van der Waals surface area contributed by atoms with Crippen LogP contribution in [0.1, 0.15) is 46.2 Å². The van der Waals surface area contributed by atoms with E-state index in [1.54, 1.807) is 0 Å². The average Bonchev–Trinajstić information content (AvgIpc) is 1.99. The molecule has 0 bridgehead atoms. The van der Waals surface area contributed by atoms with E-state index in [-0.39, 0.29) is 11.1 Å². The quantitative estimate of drug-likeness (QED) is 0.770. The molecule has 0 atom stereocenters. The summed E-state index contributed by atoms with van der Waals surface area (Å²) in [6.45, 7) is 10.2. The van der Waals surface area contributed by atoms with Crippen molar-refractivity contribution in [2.45, 2.75) is 46.1 Å². The molecule has 3 heteroatoms. The standard InChI is InChI=1S/C12H20N2O/c1-8(2)10-6-9(13)7-11(15)14(10)12(3,4)5/h6-8H,13H2,1-5H3. The molecule has 0 aromatic carbocycles. The molecule has 0 unspecified atom stereocenters. The second-order valence-electron chi connectivity index (χ2n) is 5.21. The fourth-order valence-corrected chi connectivity index (χ4v) is 1.75. The van der Waals surface area contributed by atoms with Gasteiger partial charge in [0.25, 0.3) is 5.56 Å². The van der Waals surface area contributed by atoms with Crippen molar-refractivity contribution in [3.63, 3.8) is 0 Å². The number of nitrogens with two attached hydrogens (primary N) is 1. The van der Waals surface area contributed by atoms with E-state index in [1.807, 2.05) is 31.4 Å². The monoisotopic (exact) mass is 208 g/mol. The summed E-state index contributed by atoms with van der Waals surface area (Å²) >= 11 is 0. The van der Waals surface area contributed by atoms with Crippen LogP contribution in [0.15, 0.2) is 16.9 Å². The second kappa shape index (κ2) is 3.72. The van der Waals surface area contributed by atoms with Crippen LogP contribution in [0.25, 0.3) is 0 Å². The molecule has 1 rings (SSSR count). The molecule has 0 radical (unpaired) electrons. The molecule has 1 heterocycles. The van der Waals surface area contributed by atoms with E-state index in [2.05, 4.69) is 13.8 Å². The zero-order chi connectivity index (χ0) is 11.8. The fourth-order valence-electron chi connectivity index (χ4n) is 1.75. The van der Waals surface area contributed by atoms with E-state index in [0.717, 1.165) is 5.69 Å². The highest BCUT2D eigenvalue weighted by Crippen LogP contribution is 2.21. The van der Waals surface area contributed by atoms with Crippen LogP contribution in [-0.2, 0) is 5.54 Å². The van der Waals surface area contributed by atoms with Crippen LogP contribution in [0.4, 0.5) is 5.69 Å². The van der Waals surface area contributed by atoms with Gasteiger partial charge in [0.2, 0.25) is 0 Å². The lowest BCUT2D eigenvalue weighted by Gasteiger charge is -2.28. The summed E-state index contributed by atoms with van der Waals surface area (Å²) in [7, 11) is 0. The minimum absolute atomic E-state index is 0.0220. The van der Waals surface area contributed by atoms with Crippen molar-refractivity contribution < 1.29 is 0 Å². The van der Waals surface area contributed by atoms with E-state index in [0.29, 0.717) is 11.6 Å². The number of hydrogen-bond donors (Lipinski definition) is 1. The number of nitrogen functional groups attached to an aromatic ring is 1. The van der Waals surface area contributed by atoms with E-state index in [1.165, 1.54) is 6.07 Å². The molecule has 0 aliphatic rings. The Hall–Kier alpha value is -1.25. The van der Waals surface area contributed by atoms with E-state index < -0.39 is 0 Å². The molecular formula is C12H20N2O. The van der Waals surface area contributed by atoms with Crippen LogP contribution in [0.5, 0.6) is 0 Å². The van der Waals surface area contributed by atoms with Crippen molar-refractivity contribution in [3.8, 4) is 0 Å². The highest BCUT2D eigenvalue weighted by molar-refractivity contribution is 5.39. The molecule has 0 aliphatic heterocycles. The largest absolute Gasteiger partial charge is 0.399 e. The Morgan fingerprint density at radius 3 is 2.20 bits per heavy atom. The molecule has 0 spiro atoms. The third-order valence-corrected chi connectivity index (χ3v) is 2.35. The topological polar surface area (TPSA) is 48.0 Å². The SMILES string of the molecule is CC(C)c1cc(N)cc(=O)n1C(C)(C)C. The lowest BCUT2D eigenvalue weighted by atomic mass is 10.0. The normalized spacial score (nSPS) is 12.1. The van der Waals surface area contributed by atoms with Gasteiger partial charge >= 0.3 is 0 Å². The van der Waals surface area contributed by atoms with Crippen LogP contribution in [0, 0.1) is 0 Å². The van der Waals surface area contributed by atoms with Gasteiger partial charge in [-0.3, -0.25) is 4.79 Å². The summed E-state index contributed by atoms with van der Waals surface area (Å²) in [6, 6.07) is 3.37. The minimum Gasteiger partial charge on any atom is -0.399 e. The zero-order valence-electron chi connectivity index (χ0n) is 10.2. The molecule has 2 N–H and O–H groups in total. The maximum absolute atomic E-state index is 11.9. The first kappa shape index (κ1) is 11.8. The summed E-state index contributed by atoms with van der Waals surface area (Å²) in [5, 5.41) is 0. The highest BCUT2D eigenvalue weighted by Gasteiger charge is 2.19. The molecule has 1 aromatic rings. The van der Waals surface area contributed by atoms with Crippen molar-refractivity contribution in [1.29, 1.82) is 0 Å². The number of rotatable bonds is 1. The van der Waals surface area contributed by atoms with Gasteiger partial charge in [0, 0.05) is 23.0 Å². The van der Waals surface area contributed by atoms with Gasteiger partial charge in [-0.15, -0.1) is 0 Å². The summed E-state index contributed by atoms with van der Waals surface area (Å²) in [6.07, 6.45) is 0. The lowest BCUT2D eigenvalue weighted by Crippen LogP contribution is -2.36. The number of hydrogen-bond acceptors (Lipinski definition) is 2. The van der Waals surface area contributed by atoms with Gasteiger partial charge in [0.15, 0.2) is 0 Å². The van der Waals surface area contributed by atoms with Gasteiger partial charge in [-0.2, -0.15) is 0 Å². The first-order chi connectivity index (χ1) is 6.73. The molecule has 15 heavy (non-hydrogen) atoms. The Bertz CT molecular complexity index is 411. The number of aromatic nitrogens is 1. The molecule has 0 saturated heterocycles. The van der Waals surface area contributed by atoms with Crippen LogP contribution >= 0.6 is 0 Å². The number of pyridine rings is 1. The molecule has 1 aromatic heterocycles. The van der Waals surface area contributed by atoms with Gasteiger partial charge in [-0.05, 0) is 32.8 Å². The Kier molecular flexibility index (Phi) is 2.93. The first-order valence-electron chi connectivity index (χ1n) is 5.26. The molecular weight excluding hydrogens is 188 g/mol. The van der Waals surface area contributed by atoms with Crippen LogP contribution in [0.3, 0.4) is 0 Å². The van der Waals surface area contributed by atoms with Gasteiger partial charge in [-0.1, -0.05) is 13.8 Å². The van der Waals surface area contributed by atoms with E-state index in [9.17, 15) is 4.79 Å². The minimum atomic E-state index is -0.204. The molecule has 0 amide bonds. The smallest absolute Gasteiger partial charge is 0.253 e. The zero-order valence-corrected chi connectivity index (χ0v) is 10.2. The fraction of sp³-hybridized carbons (Fsp3) is 0.583. The number of nitrogens with zero attached hydrogens (tertiary/aromatic N) is 1. The van der Waals surface area contributed by atoms with Gasteiger partial charge < -0.3 is 10.3 Å².